The fourth-order valence-electron chi connectivity index (χ4n) is 6.51. The van der Waals surface area contributed by atoms with E-state index < -0.39 is 17.6 Å². The molecular formula is C35H37FN4O5. The Bertz CT molecular complexity index is 1670. The summed E-state index contributed by atoms with van der Waals surface area (Å²) in [7, 11) is 3.77. The topological polar surface area (TPSA) is 102 Å². The fourth-order valence-corrected chi connectivity index (χ4v) is 6.51. The van der Waals surface area contributed by atoms with Crippen molar-refractivity contribution in [3.8, 4) is 23.0 Å². The molecule has 10 heteroatoms. The fraction of sp³-hybridized carbons (Fsp3) is 0.343. The summed E-state index contributed by atoms with van der Waals surface area (Å²) in [4.78, 5) is 31.5. The van der Waals surface area contributed by atoms with Crippen LogP contribution in [0.4, 0.5) is 10.1 Å². The molecule has 1 saturated heterocycles. The molecule has 9 nitrogen and oxygen atoms in total. The second-order valence-electron chi connectivity index (χ2n) is 11.9. The van der Waals surface area contributed by atoms with Gasteiger partial charge in [-0.25, -0.2) is 4.39 Å². The maximum Gasteiger partial charge on any atom is 0.313 e. The molecule has 2 fully saturated rings. The van der Waals surface area contributed by atoms with Crippen molar-refractivity contribution in [3.63, 3.8) is 0 Å². The van der Waals surface area contributed by atoms with Crippen LogP contribution in [0.25, 0.3) is 10.9 Å². The maximum absolute atomic E-state index is 15.1. The highest BCUT2D eigenvalue weighted by Gasteiger charge is 2.39. The van der Waals surface area contributed by atoms with Gasteiger partial charge in [0.05, 0.1) is 19.2 Å². The lowest BCUT2D eigenvalue weighted by molar-refractivity contribution is -0.136. The molecule has 2 N–H and O–H groups in total. The van der Waals surface area contributed by atoms with E-state index in [0.717, 1.165) is 36.6 Å². The van der Waals surface area contributed by atoms with E-state index in [1.807, 2.05) is 36.4 Å². The largest absolute Gasteiger partial charge is 0.493 e. The maximum atomic E-state index is 15.1. The molecule has 0 unspecified atom stereocenters. The van der Waals surface area contributed by atoms with Crippen LogP contribution in [0, 0.1) is 23.6 Å². The Labute approximate surface area is 261 Å². The molecule has 1 saturated carbocycles. The summed E-state index contributed by atoms with van der Waals surface area (Å²) in [6.07, 6.45) is 4.53. The van der Waals surface area contributed by atoms with Gasteiger partial charge in [0.25, 0.3) is 0 Å². The molecule has 2 aliphatic rings. The Morgan fingerprint density at radius 1 is 0.933 bits per heavy atom. The second-order valence-corrected chi connectivity index (χ2v) is 11.9. The van der Waals surface area contributed by atoms with Gasteiger partial charge in [-0.3, -0.25) is 14.6 Å². The first kappa shape index (κ1) is 30.3. The minimum absolute atomic E-state index is 0.0514. The summed E-state index contributed by atoms with van der Waals surface area (Å²) in [5.74, 6) is 1.11. The van der Waals surface area contributed by atoms with E-state index in [-0.39, 0.29) is 11.4 Å². The predicted molar refractivity (Wildman–Crippen MR) is 169 cm³/mol. The average Bonchev–Trinajstić information content (AvgIpc) is 3.58. The quantitative estimate of drug-likeness (QED) is 0.230. The van der Waals surface area contributed by atoms with Crippen LogP contribution in [-0.4, -0.2) is 62.1 Å². The predicted octanol–water partition coefficient (Wildman–Crippen LogP) is 5.44. The third-order valence-electron chi connectivity index (χ3n) is 8.65. The number of fused-ring (bicyclic) bond motifs is 2. The summed E-state index contributed by atoms with van der Waals surface area (Å²) < 4.78 is 32.9. The molecule has 0 bridgehead atoms. The number of methoxy groups -OCH3 is 1. The van der Waals surface area contributed by atoms with Crippen LogP contribution in [0.2, 0.25) is 0 Å². The number of nitrogens with zero attached hydrogens (tertiary/aromatic N) is 2. The molecule has 6 rings (SSSR count). The van der Waals surface area contributed by atoms with E-state index in [9.17, 15) is 9.59 Å². The van der Waals surface area contributed by atoms with E-state index >= 15 is 4.39 Å². The first-order chi connectivity index (χ1) is 21.9. The number of nitrogens with one attached hydrogen (secondary N) is 2. The second kappa shape index (κ2) is 13.5. The van der Waals surface area contributed by atoms with E-state index in [1.54, 1.807) is 25.4 Å². The van der Waals surface area contributed by atoms with E-state index in [4.69, 9.17) is 14.2 Å². The molecule has 1 aliphatic carbocycles. The van der Waals surface area contributed by atoms with Crippen LogP contribution in [0.15, 0.2) is 72.9 Å². The average molecular weight is 613 g/mol. The van der Waals surface area contributed by atoms with Crippen LogP contribution in [0.3, 0.4) is 0 Å². The Hall–Kier alpha value is -4.70. The summed E-state index contributed by atoms with van der Waals surface area (Å²) in [5, 5.41) is 5.63. The van der Waals surface area contributed by atoms with Crippen molar-refractivity contribution in [2.45, 2.75) is 19.3 Å². The van der Waals surface area contributed by atoms with Gasteiger partial charge >= 0.3 is 11.8 Å². The van der Waals surface area contributed by atoms with Crippen LogP contribution in [0.5, 0.6) is 23.0 Å². The number of aromatic nitrogens is 1. The highest BCUT2D eigenvalue weighted by atomic mass is 19.1. The Morgan fingerprint density at radius 3 is 2.44 bits per heavy atom. The van der Waals surface area contributed by atoms with Gasteiger partial charge in [0.2, 0.25) is 0 Å². The van der Waals surface area contributed by atoms with Crippen molar-refractivity contribution in [2.75, 3.05) is 45.7 Å². The lowest BCUT2D eigenvalue weighted by Gasteiger charge is -2.18. The van der Waals surface area contributed by atoms with Crippen LogP contribution < -0.4 is 24.8 Å². The molecule has 3 aromatic carbocycles. The molecule has 1 aliphatic heterocycles. The Balaban J connectivity index is 1.08. The zero-order valence-corrected chi connectivity index (χ0v) is 25.4. The number of likely N-dealkylation sites (tertiary alicyclic amines) is 1. The van der Waals surface area contributed by atoms with Crippen molar-refractivity contribution in [3.05, 3.63) is 84.3 Å². The Morgan fingerprint density at radius 2 is 1.71 bits per heavy atom. The van der Waals surface area contributed by atoms with E-state index in [2.05, 4.69) is 27.6 Å². The van der Waals surface area contributed by atoms with Crippen molar-refractivity contribution >= 4 is 28.4 Å². The number of carbonyl (C=O) groups excluding carboxylic acids is 2. The highest BCUT2D eigenvalue weighted by Crippen LogP contribution is 2.42. The van der Waals surface area contributed by atoms with E-state index in [0.29, 0.717) is 53.6 Å². The summed E-state index contributed by atoms with van der Waals surface area (Å²) in [6.45, 7) is 3.25. The van der Waals surface area contributed by atoms with Crippen molar-refractivity contribution in [1.82, 2.24) is 15.2 Å². The van der Waals surface area contributed by atoms with Crippen LogP contribution >= 0.6 is 0 Å². The molecular weight excluding hydrogens is 575 g/mol. The number of ether oxygens (including phenoxy) is 3. The number of hydrogen-bond donors (Lipinski definition) is 2. The minimum atomic E-state index is -0.884. The Kier molecular flexibility index (Phi) is 9.11. The third kappa shape index (κ3) is 7.17. The monoisotopic (exact) mass is 612 g/mol. The lowest BCUT2D eigenvalue weighted by Crippen LogP contribution is -2.36. The van der Waals surface area contributed by atoms with Gasteiger partial charge in [-0.2, -0.15) is 0 Å². The number of amides is 2. The number of rotatable bonds is 10. The number of benzene rings is 3. The van der Waals surface area contributed by atoms with Gasteiger partial charge in [-0.1, -0.05) is 30.3 Å². The molecule has 4 aromatic rings. The first-order valence-corrected chi connectivity index (χ1v) is 15.2. The number of halogens is 1. The lowest BCUT2D eigenvalue weighted by atomic mass is 10.0. The van der Waals surface area contributed by atoms with Crippen LogP contribution in [-0.2, 0) is 16.0 Å². The molecule has 0 spiro atoms. The van der Waals surface area contributed by atoms with Gasteiger partial charge in [-0.15, -0.1) is 0 Å². The van der Waals surface area contributed by atoms with E-state index in [1.165, 1.54) is 25.0 Å². The van der Waals surface area contributed by atoms with Gasteiger partial charge < -0.3 is 29.7 Å². The molecule has 45 heavy (non-hydrogen) atoms. The van der Waals surface area contributed by atoms with Gasteiger partial charge in [-0.05, 0) is 73.9 Å². The molecule has 234 valence electrons. The normalized spacial score (nSPS) is 19.2. The number of hydrogen-bond acceptors (Lipinski definition) is 7. The summed E-state index contributed by atoms with van der Waals surface area (Å²) in [6, 6.07) is 18.8. The highest BCUT2D eigenvalue weighted by molar-refractivity contribution is 6.39. The van der Waals surface area contributed by atoms with Crippen molar-refractivity contribution < 1.29 is 28.2 Å². The molecule has 2 heterocycles. The van der Waals surface area contributed by atoms with Gasteiger partial charge in [0.1, 0.15) is 5.75 Å². The minimum Gasteiger partial charge on any atom is -0.493 e. The number of anilines is 1. The van der Waals surface area contributed by atoms with Gasteiger partial charge in [0.15, 0.2) is 23.1 Å². The molecule has 2 amide bonds. The molecule has 3 atom stereocenters. The van der Waals surface area contributed by atoms with Crippen LogP contribution in [0.1, 0.15) is 18.4 Å². The van der Waals surface area contributed by atoms with Crippen molar-refractivity contribution in [2.24, 2.45) is 17.8 Å². The number of carbonyl (C=O) groups is 2. The standard InChI is InChI=1S/C35H37FN4O5/c1-40-19-24-14-23(15-25(24)20-40)21-44-33-18-29-27(17-32(33)43-2)30(11-13-37-29)45-31-9-8-26(16-28(31)36)39-35(42)34(41)38-12-10-22-6-4-3-5-7-22/h3-9,11,13,16-18,23-25H,10,12,14-15,19-21H2,1-2H3,(H,38,41)(H,39,42)/t23-,24-,25+. The molecule has 0 radical (unpaired) electrons. The SMILES string of the molecule is COc1cc2c(Oc3ccc(NC(=O)C(=O)NCCc4ccccc4)cc3F)ccnc2cc1OC[C@@H]1C[C@@H]2CN(C)C[C@@H]2C1. The number of pyridine rings is 1. The smallest absolute Gasteiger partial charge is 0.313 e. The zero-order chi connectivity index (χ0) is 31.3. The first-order valence-electron chi connectivity index (χ1n) is 15.2. The third-order valence-corrected chi connectivity index (χ3v) is 8.65. The molecule has 1 aromatic heterocycles. The summed E-state index contributed by atoms with van der Waals surface area (Å²) >= 11 is 0. The van der Waals surface area contributed by atoms with Gasteiger partial charge in [0, 0.05) is 49.0 Å². The summed E-state index contributed by atoms with van der Waals surface area (Å²) in [5.41, 5.74) is 1.79. The van der Waals surface area contributed by atoms with Crippen molar-refractivity contribution in [1.29, 1.82) is 0 Å². The zero-order valence-electron chi connectivity index (χ0n) is 25.4.